The molecule has 2 amide bonds. The quantitative estimate of drug-likeness (QED) is 0.627. The standard InChI is InChI=1S/C11H16N2O4/c14-9-4-3-8(13-9)10(15)12-7-2-1-6(5-7)11(16)17/h6-8H,1-5H2,(H,12,15)(H,13,14)(H,16,17). The van der Waals surface area contributed by atoms with Crippen molar-refractivity contribution >= 4 is 17.8 Å². The van der Waals surface area contributed by atoms with Gasteiger partial charge in [0.15, 0.2) is 0 Å². The second-order valence-corrected chi connectivity index (χ2v) is 4.71. The summed E-state index contributed by atoms with van der Waals surface area (Å²) in [6.07, 6.45) is 2.71. The summed E-state index contributed by atoms with van der Waals surface area (Å²) in [7, 11) is 0. The molecule has 6 heteroatoms. The molecule has 0 aromatic heterocycles. The van der Waals surface area contributed by atoms with Crippen LogP contribution in [-0.2, 0) is 14.4 Å². The highest BCUT2D eigenvalue weighted by atomic mass is 16.4. The van der Waals surface area contributed by atoms with Gasteiger partial charge in [0, 0.05) is 12.5 Å². The Labute approximate surface area is 98.8 Å². The molecule has 1 aliphatic carbocycles. The summed E-state index contributed by atoms with van der Waals surface area (Å²) in [5.41, 5.74) is 0. The van der Waals surface area contributed by atoms with Crippen LogP contribution in [0.1, 0.15) is 32.1 Å². The maximum absolute atomic E-state index is 11.8. The molecule has 2 fully saturated rings. The van der Waals surface area contributed by atoms with Gasteiger partial charge in [-0.05, 0) is 25.7 Å². The summed E-state index contributed by atoms with van der Waals surface area (Å²) in [6.45, 7) is 0. The molecule has 3 unspecified atom stereocenters. The minimum absolute atomic E-state index is 0.0684. The van der Waals surface area contributed by atoms with Crippen LogP contribution in [0.15, 0.2) is 0 Å². The van der Waals surface area contributed by atoms with Crippen LogP contribution in [0.2, 0.25) is 0 Å². The Kier molecular flexibility index (Phi) is 3.31. The summed E-state index contributed by atoms with van der Waals surface area (Å²) in [5.74, 6) is -1.43. The average Bonchev–Trinajstić information content (AvgIpc) is 2.86. The van der Waals surface area contributed by atoms with E-state index < -0.39 is 12.0 Å². The molecule has 94 valence electrons. The molecule has 0 bridgehead atoms. The second-order valence-electron chi connectivity index (χ2n) is 4.71. The molecule has 3 atom stereocenters. The average molecular weight is 240 g/mol. The lowest BCUT2D eigenvalue weighted by Gasteiger charge is -2.16. The summed E-state index contributed by atoms with van der Waals surface area (Å²) in [6, 6.07) is -0.507. The van der Waals surface area contributed by atoms with Crippen molar-refractivity contribution in [3.05, 3.63) is 0 Å². The van der Waals surface area contributed by atoms with Gasteiger partial charge in [0.25, 0.3) is 0 Å². The Morgan fingerprint density at radius 2 is 2.06 bits per heavy atom. The third kappa shape index (κ3) is 2.75. The molecule has 0 aromatic carbocycles. The van der Waals surface area contributed by atoms with Crippen LogP contribution >= 0.6 is 0 Å². The molecule has 0 aromatic rings. The molecule has 1 aliphatic heterocycles. The number of hydrogen-bond acceptors (Lipinski definition) is 3. The minimum atomic E-state index is -0.795. The Bertz CT molecular complexity index is 355. The molecule has 0 radical (unpaired) electrons. The van der Waals surface area contributed by atoms with Crippen molar-refractivity contribution < 1.29 is 19.5 Å². The number of carboxylic acid groups (broad SMARTS) is 1. The Hall–Kier alpha value is -1.59. The van der Waals surface area contributed by atoms with Crippen LogP contribution in [0.25, 0.3) is 0 Å². The summed E-state index contributed by atoms with van der Waals surface area (Å²) in [5, 5.41) is 14.2. The lowest BCUT2D eigenvalue weighted by molar-refractivity contribution is -0.141. The van der Waals surface area contributed by atoms with Crippen molar-refractivity contribution in [2.24, 2.45) is 5.92 Å². The zero-order chi connectivity index (χ0) is 12.4. The van der Waals surface area contributed by atoms with Crippen molar-refractivity contribution in [3.8, 4) is 0 Å². The van der Waals surface area contributed by atoms with Crippen LogP contribution in [0, 0.1) is 5.92 Å². The number of nitrogens with one attached hydrogen (secondary N) is 2. The Morgan fingerprint density at radius 3 is 2.59 bits per heavy atom. The van der Waals surface area contributed by atoms with E-state index in [0.29, 0.717) is 32.1 Å². The lowest BCUT2D eigenvalue weighted by atomic mass is 10.1. The van der Waals surface area contributed by atoms with Gasteiger partial charge < -0.3 is 15.7 Å². The third-order valence-electron chi connectivity index (χ3n) is 3.44. The molecule has 2 aliphatic rings. The normalized spacial score (nSPS) is 32.2. The van der Waals surface area contributed by atoms with Crippen molar-refractivity contribution in [3.63, 3.8) is 0 Å². The highest BCUT2D eigenvalue weighted by Gasteiger charge is 2.33. The zero-order valence-corrected chi connectivity index (χ0v) is 9.44. The Morgan fingerprint density at radius 1 is 1.29 bits per heavy atom. The molecule has 0 spiro atoms. The van der Waals surface area contributed by atoms with Crippen molar-refractivity contribution in [2.45, 2.75) is 44.2 Å². The largest absolute Gasteiger partial charge is 0.481 e. The van der Waals surface area contributed by atoms with Crippen molar-refractivity contribution in [1.82, 2.24) is 10.6 Å². The van der Waals surface area contributed by atoms with E-state index in [4.69, 9.17) is 5.11 Å². The Balaban J connectivity index is 1.80. The van der Waals surface area contributed by atoms with Gasteiger partial charge in [0.1, 0.15) is 6.04 Å². The maximum Gasteiger partial charge on any atom is 0.306 e. The van der Waals surface area contributed by atoms with Gasteiger partial charge in [-0.1, -0.05) is 0 Å². The smallest absolute Gasteiger partial charge is 0.306 e. The maximum atomic E-state index is 11.8. The fourth-order valence-corrected chi connectivity index (χ4v) is 2.45. The molecule has 17 heavy (non-hydrogen) atoms. The molecule has 2 rings (SSSR count). The molecule has 1 heterocycles. The number of hydrogen-bond donors (Lipinski definition) is 3. The van der Waals surface area contributed by atoms with Gasteiger partial charge in [-0.3, -0.25) is 14.4 Å². The number of aliphatic carboxylic acids is 1. The SMILES string of the molecule is O=C1CCC(C(=O)NC2CCC(C(=O)O)C2)N1. The number of amides is 2. The van der Waals surface area contributed by atoms with E-state index in [9.17, 15) is 14.4 Å². The topological polar surface area (TPSA) is 95.5 Å². The molecule has 1 saturated heterocycles. The van der Waals surface area contributed by atoms with Crippen LogP contribution < -0.4 is 10.6 Å². The molecule has 3 N–H and O–H groups in total. The van der Waals surface area contributed by atoms with Crippen LogP contribution in [0.3, 0.4) is 0 Å². The van der Waals surface area contributed by atoms with Gasteiger partial charge in [-0.25, -0.2) is 0 Å². The second kappa shape index (κ2) is 4.73. The fraction of sp³-hybridized carbons (Fsp3) is 0.727. The van der Waals surface area contributed by atoms with Crippen molar-refractivity contribution in [2.75, 3.05) is 0 Å². The van der Waals surface area contributed by atoms with Gasteiger partial charge in [-0.2, -0.15) is 0 Å². The lowest BCUT2D eigenvalue weighted by Crippen LogP contribution is -2.45. The highest BCUT2D eigenvalue weighted by Crippen LogP contribution is 2.25. The minimum Gasteiger partial charge on any atom is -0.481 e. The number of carbonyl (C=O) groups excluding carboxylic acids is 2. The number of rotatable bonds is 3. The molecule has 6 nitrogen and oxygen atoms in total. The summed E-state index contributed by atoms with van der Waals surface area (Å²) >= 11 is 0. The van der Waals surface area contributed by atoms with E-state index in [0.717, 1.165) is 0 Å². The van der Waals surface area contributed by atoms with E-state index in [1.54, 1.807) is 0 Å². The van der Waals surface area contributed by atoms with Crippen LogP contribution in [-0.4, -0.2) is 35.0 Å². The van der Waals surface area contributed by atoms with E-state index in [1.807, 2.05) is 0 Å². The molecular weight excluding hydrogens is 224 g/mol. The van der Waals surface area contributed by atoms with Gasteiger partial charge in [0.05, 0.1) is 5.92 Å². The van der Waals surface area contributed by atoms with E-state index in [1.165, 1.54) is 0 Å². The summed E-state index contributed by atoms with van der Waals surface area (Å²) in [4.78, 5) is 33.5. The van der Waals surface area contributed by atoms with Crippen LogP contribution in [0.4, 0.5) is 0 Å². The van der Waals surface area contributed by atoms with Gasteiger partial charge in [-0.15, -0.1) is 0 Å². The molecule has 1 saturated carbocycles. The first kappa shape index (κ1) is 11.9. The number of carbonyl (C=O) groups is 3. The van der Waals surface area contributed by atoms with E-state index >= 15 is 0 Å². The predicted octanol–water partition coefficient (Wildman–Crippen LogP) is -0.365. The zero-order valence-electron chi connectivity index (χ0n) is 9.44. The predicted molar refractivity (Wildman–Crippen MR) is 58.1 cm³/mol. The number of carboxylic acids is 1. The first-order chi connectivity index (χ1) is 8.06. The van der Waals surface area contributed by atoms with Gasteiger partial charge >= 0.3 is 5.97 Å². The monoisotopic (exact) mass is 240 g/mol. The third-order valence-corrected chi connectivity index (χ3v) is 3.44. The summed E-state index contributed by atoms with van der Waals surface area (Å²) < 4.78 is 0. The first-order valence-corrected chi connectivity index (χ1v) is 5.89. The van der Waals surface area contributed by atoms with Crippen LogP contribution in [0.5, 0.6) is 0 Å². The van der Waals surface area contributed by atoms with Gasteiger partial charge in [0.2, 0.25) is 11.8 Å². The van der Waals surface area contributed by atoms with Crippen molar-refractivity contribution in [1.29, 1.82) is 0 Å². The highest BCUT2D eigenvalue weighted by molar-refractivity contribution is 5.90. The first-order valence-electron chi connectivity index (χ1n) is 5.89. The fourth-order valence-electron chi connectivity index (χ4n) is 2.45. The molecular formula is C11H16N2O4. The van der Waals surface area contributed by atoms with E-state index in [-0.39, 0.29) is 23.8 Å². The van der Waals surface area contributed by atoms with E-state index in [2.05, 4.69) is 10.6 Å².